The quantitative estimate of drug-likeness (QED) is 0.462. The van der Waals surface area contributed by atoms with Gasteiger partial charge in [0, 0.05) is 18.2 Å². The Balaban J connectivity index is 1.49. The molecule has 1 saturated heterocycles. The molecule has 29 heavy (non-hydrogen) atoms. The van der Waals surface area contributed by atoms with Gasteiger partial charge in [0.1, 0.15) is 0 Å². The van der Waals surface area contributed by atoms with Crippen LogP contribution in [0.25, 0.3) is 0 Å². The molecule has 1 atom stereocenters. The second-order valence-corrected chi connectivity index (χ2v) is 9.96. The van der Waals surface area contributed by atoms with Gasteiger partial charge in [-0.2, -0.15) is 0 Å². The van der Waals surface area contributed by atoms with Crippen LogP contribution in [0.1, 0.15) is 49.4 Å². The van der Waals surface area contributed by atoms with Gasteiger partial charge in [-0.1, -0.05) is 42.9 Å². The van der Waals surface area contributed by atoms with Crippen molar-refractivity contribution < 1.29 is 13.2 Å². The number of piperidine rings is 1. The van der Waals surface area contributed by atoms with Gasteiger partial charge in [0.2, 0.25) is 9.47 Å². The van der Waals surface area contributed by atoms with Crippen LogP contribution >= 0.6 is 11.3 Å². The molecule has 2 aromatic rings. The van der Waals surface area contributed by atoms with E-state index in [1.807, 2.05) is 6.07 Å². The SMILES string of the molecule is CCC1CCCCN1CCCNS(=O)(=O)c1nnc(NC(=O)c2ccccc2)s1. The van der Waals surface area contributed by atoms with Crippen molar-refractivity contribution in [1.82, 2.24) is 19.8 Å². The van der Waals surface area contributed by atoms with Crippen LogP contribution < -0.4 is 10.0 Å². The van der Waals surface area contributed by atoms with E-state index in [-0.39, 0.29) is 15.4 Å². The van der Waals surface area contributed by atoms with E-state index in [1.54, 1.807) is 24.3 Å². The molecule has 0 spiro atoms. The number of carbonyl (C=O) groups is 1. The Morgan fingerprint density at radius 1 is 1.24 bits per heavy atom. The number of amides is 1. The highest BCUT2D eigenvalue weighted by Gasteiger charge is 2.22. The minimum atomic E-state index is -3.74. The summed E-state index contributed by atoms with van der Waals surface area (Å²) in [6.07, 6.45) is 5.59. The Kier molecular flexibility index (Phi) is 7.70. The standard InChI is InChI=1S/C19H27N5O3S2/c1-2-16-11-6-7-13-24(16)14-8-12-20-29(26,27)19-23-22-18(28-19)21-17(25)15-9-4-3-5-10-15/h3-5,9-10,16,20H,2,6-8,11-14H2,1H3,(H,21,22,25). The number of rotatable bonds is 9. The summed E-state index contributed by atoms with van der Waals surface area (Å²) in [7, 11) is -3.74. The number of nitrogens with one attached hydrogen (secondary N) is 2. The Hall–Kier alpha value is -1.88. The number of nitrogens with zero attached hydrogens (tertiary/aromatic N) is 3. The van der Waals surface area contributed by atoms with Gasteiger partial charge < -0.3 is 4.90 Å². The van der Waals surface area contributed by atoms with Crippen LogP contribution in [-0.2, 0) is 10.0 Å². The van der Waals surface area contributed by atoms with E-state index in [9.17, 15) is 13.2 Å². The average Bonchev–Trinajstić information content (AvgIpc) is 3.21. The first kappa shape index (κ1) is 21.8. The molecule has 0 radical (unpaired) electrons. The first-order valence-electron chi connectivity index (χ1n) is 9.93. The van der Waals surface area contributed by atoms with Gasteiger partial charge in [0.25, 0.3) is 15.9 Å². The van der Waals surface area contributed by atoms with Gasteiger partial charge in [0.05, 0.1) is 0 Å². The maximum atomic E-state index is 12.4. The third-order valence-electron chi connectivity index (χ3n) is 5.03. The topological polar surface area (TPSA) is 104 Å². The average molecular weight is 438 g/mol. The molecule has 0 saturated carbocycles. The summed E-state index contributed by atoms with van der Waals surface area (Å²) >= 11 is 0.838. The van der Waals surface area contributed by atoms with E-state index in [2.05, 4.69) is 32.1 Å². The maximum absolute atomic E-state index is 12.4. The molecule has 0 aliphatic carbocycles. The molecule has 1 aromatic heterocycles. The molecule has 3 rings (SSSR count). The van der Waals surface area contributed by atoms with E-state index >= 15 is 0 Å². The lowest BCUT2D eigenvalue weighted by molar-refractivity contribution is 0.102. The first-order chi connectivity index (χ1) is 14.0. The monoisotopic (exact) mass is 437 g/mol. The normalized spacial score (nSPS) is 17.9. The fourth-order valence-electron chi connectivity index (χ4n) is 3.49. The van der Waals surface area contributed by atoms with Crippen molar-refractivity contribution in [2.45, 2.75) is 49.4 Å². The van der Waals surface area contributed by atoms with Crippen LogP contribution in [0.15, 0.2) is 34.7 Å². The van der Waals surface area contributed by atoms with E-state index in [0.29, 0.717) is 18.2 Å². The molecule has 1 unspecified atom stereocenters. The van der Waals surface area contributed by atoms with Crippen LogP contribution in [0.4, 0.5) is 5.13 Å². The van der Waals surface area contributed by atoms with Crippen molar-refractivity contribution in [1.29, 1.82) is 0 Å². The van der Waals surface area contributed by atoms with Crippen LogP contribution in [0, 0.1) is 0 Å². The van der Waals surface area contributed by atoms with Crippen LogP contribution in [0.2, 0.25) is 0 Å². The molecule has 158 valence electrons. The van der Waals surface area contributed by atoms with E-state index < -0.39 is 10.0 Å². The van der Waals surface area contributed by atoms with Gasteiger partial charge in [0.15, 0.2) is 0 Å². The fraction of sp³-hybridized carbons (Fsp3) is 0.526. The molecule has 1 amide bonds. The lowest BCUT2D eigenvalue weighted by Gasteiger charge is -2.35. The number of benzene rings is 1. The summed E-state index contributed by atoms with van der Waals surface area (Å²) in [6, 6.07) is 9.26. The summed E-state index contributed by atoms with van der Waals surface area (Å²) in [4.78, 5) is 14.6. The Labute approximate surface area is 175 Å². The third kappa shape index (κ3) is 6.05. The van der Waals surface area contributed by atoms with Crippen molar-refractivity contribution in [2.75, 3.05) is 25.0 Å². The summed E-state index contributed by atoms with van der Waals surface area (Å²) in [5.41, 5.74) is 0.466. The highest BCUT2D eigenvalue weighted by molar-refractivity contribution is 7.91. The smallest absolute Gasteiger partial charge is 0.269 e. The van der Waals surface area contributed by atoms with Crippen LogP contribution in [0.3, 0.4) is 0 Å². The van der Waals surface area contributed by atoms with Gasteiger partial charge in [-0.05, 0) is 50.9 Å². The molecule has 2 heterocycles. The fourth-order valence-corrected chi connectivity index (χ4v) is 5.50. The Morgan fingerprint density at radius 3 is 2.79 bits per heavy atom. The number of likely N-dealkylation sites (tertiary alicyclic amines) is 1. The number of anilines is 1. The predicted octanol–water partition coefficient (Wildman–Crippen LogP) is 2.72. The molecule has 8 nitrogen and oxygen atoms in total. The number of aromatic nitrogens is 2. The highest BCUT2D eigenvalue weighted by atomic mass is 32.2. The summed E-state index contributed by atoms with van der Waals surface area (Å²) < 4.78 is 27.3. The molecular formula is C19H27N5O3S2. The zero-order chi connectivity index (χ0) is 20.7. The summed E-state index contributed by atoms with van der Waals surface area (Å²) in [5.74, 6) is -0.356. The van der Waals surface area contributed by atoms with Crippen LogP contribution in [0.5, 0.6) is 0 Å². The lowest BCUT2D eigenvalue weighted by atomic mass is 10.00. The lowest BCUT2D eigenvalue weighted by Crippen LogP contribution is -2.40. The second-order valence-electron chi connectivity index (χ2n) is 7.04. The van der Waals surface area contributed by atoms with Crippen LogP contribution in [-0.4, -0.2) is 55.1 Å². The maximum Gasteiger partial charge on any atom is 0.269 e. The van der Waals surface area contributed by atoms with E-state index in [1.165, 1.54) is 19.3 Å². The zero-order valence-electron chi connectivity index (χ0n) is 16.5. The number of carbonyl (C=O) groups excluding carboxylic acids is 1. The molecule has 2 N–H and O–H groups in total. The zero-order valence-corrected chi connectivity index (χ0v) is 18.1. The first-order valence-corrected chi connectivity index (χ1v) is 12.2. The van der Waals surface area contributed by atoms with Crippen molar-refractivity contribution in [3.63, 3.8) is 0 Å². The van der Waals surface area contributed by atoms with Gasteiger partial charge >= 0.3 is 0 Å². The van der Waals surface area contributed by atoms with E-state index in [4.69, 9.17) is 0 Å². The molecule has 1 fully saturated rings. The van der Waals surface area contributed by atoms with Crippen molar-refractivity contribution in [2.24, 2.45) is 0 Å². The molecular weight excluding hydrogens is 410 g/mol. The largest absolute Gasteiger partial charge is 0.300 e. The minimum Gasteiger partial charge on any atom is -0.300 e. The van der Waals surface area contributed by atoms with E-state index in [0.717, 1.165) is 37.3 Å². The highest BCUT2D eigenvalue weighted by Crippen LogP contribution is 2.21. The molecule has 1 aromatic carbocycles. The molecule has 1 aliphatic heterocycles. The van der Waals surface area contributed by atoms with Gasteiger partial charge in [-0.3, -0.25) is 10.1 Å². The third-order valence-corrected chi connectivity index (χ3v) is 7.69. The predicted molar refractivity (Wildman–Crippen MR) is 114 cm³/mol. The minimum absolute atomic E-state index is 0.148. The summed E-state index contributed by atoms with van der Waals surface area (Å²) in [5, 5.41) is 10.2. The van der Waals surface area contributed by atoms with Gasteiger partial charge in [-0.25, -0.2) is 13.1 Å². The van der Waals surface area contributed by atoms with Crippen molar-refractivity contribution in [3.05, 3.63) is 35.9 Å². The Morgan fingerprint density at radius 2 is 2.03 bits per heavy atom. The molecule has 1 aliphatic rings. The van der Waals surface area contributed by atoms with Gasteiger partial charge in [-0.15, -0.1) is 10.2 Å². The van der Waals surface area contributed by atoms with Crippen molar-refractivity contribution in [3.8, 4) is 0 Å². The van der Waals surface area contributed by atoms with Crippen molar-refractivity contribution >= 4 is 32.4 Å². The number of hydrogen-bond acceptors (Lipinski definition) is 7. The molecule has 0 bridgehead atoms. The molecule has 10 heteroatoms. The number of sulfonamides is 1. The summed E-state index contributed by atoms with van der Waals surface area (Å²) in [6.45, 7) is 4.53. The Bertz CT molecular complexity index is 902. The second kappa shape index (κ2) is 10.2. The number of hydrogen-bond donors (Lipinski definition) is 2.